The highest BCUT2D eigenvalue weighted by molar-refractivity contribution is 7.99. The van der Waals surface area contributed by atoms with Gasteiger partial charge in [0.05, 0.1) is 19.6 Å². The van der Waals surface area contributed by atoms with Gasteiger partial charge in [0.2, 0.25) is 0 Å². The summed E-state index contributed by atoms with van der Waals surface area (Å²) in [5.74, 6) is 1.78. The summed E-state index contributed by atoms with van der Waals surface area (Å²) in [6, 6.07) is 10.1. The number of benzene rings is 2. The molecule has 0 amide bonds. The van der Waals surface area contributed by atoms with Crippen molar-refractivity contribution in [2.75, 3.05) is 27.3 Å². The van der Waals surface area contributed by atoms with Crippen LogP contribution in [0.15, 0.2) is 40.1 Å². The molecule has 0 saturated carbocycles. The van der Waals surface area contributed by atoms with E-state index in [0.717, 1.165) is 63.9 Å². The number of hydrogen-bond acceptors (Lipinski definition) is 5. The number of ether oxygens (including phenoxy) is 2. The molecule has 1 N–H and O–H groups in total. The van der Waals surface area contributed by atoms with Gasteiger partial charge < -0.3 is 14.8 Å². The van der Waals surface area contributed by atoms with E-state index >= 15 is 0 Å². The molecular weight excluding hydrogens is 346 g/mol. The number of ketones is 1. The van der Waals surface area contributed by atoms with Gasteiger partial charge in [0.1, 0.15) is 11.5 Å². The van der Waals surface area contributed by atoms with Gasteiger partial charge in [-0.15, -0.1) is 0 Å². The molecule has 1 spiro atoms. The second-order valence-electron chi connectivity index (χ2n) is 6.89. The molecule has 2 aliphatic heterocycles. The van der Waals surface area contributed by atoms with Crippen molar-refractivity contribution in [3.63, 3.8) is 0 Å². The lowest BCUT2D eigenvalue weighted by Gasteiger charge is -2.37. The molecule has 0 atom stereocenters. The van der Waals surface area contributed by atoms with Crippen molar-refractivity contribution >= 4 is 17.5 Å². The largest absolute Gasteiger partial charge is 0.497 e. The van der Waals surface area contributed by atoms with Crippen LogP contribution in [0, 0.1) is 6.92 Å². The van der Waals surface area contributed by atoms with Gasteiger partial charge in [-0.2, -0.15) is 0 Å². The van der Waals surface area contributed by atoms with Crippen molar-refractivity contribution in [3.05, 3.63) is 47.0 Å². The Kier molecular flexibility index (Phi) is 4.45. The van der Waals surface area contributed by atoms with Gasteiger partial charge in [-0.3, -0.25) is 4.79 Å². The van der Waals surface area contributed by atoms with E-state index in [4.69, 9.17) is 9.47 Å². The average Bonchev–Trinajstić information content (AvgIpc) is 2.77. The number of nitrogens with one attached hydrogen (secondary N) is 1. The van der Waals surface area contributed by atoms with Crippen LogP contribution in [-0.4, -0.2) is 33.1 Å². The molecule has 2 heterocycles. The highest BCUT2D eigenvalue weighted by Gasteiger charge is 2.46. The van der Waals surface area contributed by atoms with E-state index in [9.17, 15) is 4.79 Å². The molecule has 0 unspecified atom stereocenters. The zero-order valence-corrected chi connectivity index (χ0v) is 16.2. The minimum absolute atomic E-state index is 0.213. The predicted molar refractivity (Wildman–Crippen MR) is 103 cm³/mol. The lowest BCUT2D eigenvalue weighted by atomic mass is 9.68. The Morgan fingerprint density at radius 1 is 1.04 bits per heavy atom. The quantitative estimate of drug-likeness (QED) is 0.868. The number of carbonyl (C=O) groups is 1. The van der Waals surface area contributed by atoms with E-state index in [1.54, 1.807) is 26.0 Å². The number of Topliss-reactive ketones (excluding diaryl/α,β-unsaturated/α-hetero) is 1. The molecule has 2 aromatic rings. The first-order valence-electron chi connectivity index (χ1n) is 8.90. The molecule has 0 bridgehead atoms. The molecule has 136 valence electrons. The zero-order chi connectivity index (χ0) is 18.3. The van der Waals surface area contributed by atoms with Crippen LogP contribution >= 0.6 is 11.8 Å². The van der Waals surface area contributed by atoms with Crippen LogP contribution in [0.5, 0.6) is 11.5 Å². The van der Waals surface area contributed by atoms with Gasteiger partial charge in [-0.1, -0.05) is 11.8 Å². The number of piperidine rings is 1. The number of hydrogen-bond donors (Lipinski definition) is 1. The summed E-state index contributed by atoms with van der Waals surface area (Å²) in [5, 5.41) is 3.40. The summed E-state index contributed by atoms with van der Waals surface area (Å²) in [7, 11) is 3.33. The van der Waals surface area contributed by atoms with E-state index in [0.29, 0.717) is 0 Å². The van der Waals surface area contributed by atoms with Crippen LogP contribution < -0.4 is 14.8 Å². The molecule has 26 heavy (non-hydrogen) atoms. The monoisotopic (exact) mass is 369 g/mol. The molecule has 2 aliphatic rings. The normalized spacial score (nSPS) is 18.0. The molecule has 0 aliphatic carbocycles. The Hall–Kier alpha value is -1.98. The Bertz CT molecular complexity index is 872. The third-order valence-electron chi connectivity index (χ3n) is 5.64. The standard InChI is InChI=1S/C21H23NO3S/c1-13-16(25-3)5-7-18-19(13)20(23)21(8-10-22-11-9-21)15-12-14(24-2)4-6-17(15)26-18/h4-7,12,22H,8-11H2,1-3H3. The average molecular weight is 369 g/mol. The maximum absolute atomic E-state index is 13.9. The molecule has 1 fully saturated rings. The fraction of sp³-hybridized carbons (Fsp3) is 0.381. The van der Waals surface area contributed by atoms with Crippen LogP contribution in [0.2, 0.25) is 0 Å². The Morgan fingerprint density at radius 2 is 1.77 bits per heavy atom. The van der Waals surface area contributed by atoms with Crippen LogP contribution in [0.3, 0.4) is 0 Å². The number of rotatable bonds is 2. The van der Waals surface area contributed by atoms with Crippen molar-refractivity contribution in [1.82, 2.24) is 5.32 Å². The molecule has 0 aromatic heterocycles. The molecule has 5 heteroatoms. The van der Waals surface area contributed by atoms with Gasteiger partial charge >= 0.3 is 0 Å². The van der Waals surface area contributed by atoms with Crippen molar-refractivity contribution < 1.29 is 14.3 Å². The lowest BCUT2D eigenvalue weighted by Crippen LogP contribution is -2.45. The first-order chi connectivity index (χ1) is 12.6. The SMILES string of the molecule is COc1ccc2c(c1)C1(CCNCC1)C(=O)c1c(ccc(OC)c1C)S2. The first-order valence-corrected chi connectivity index (χ1v) is 9.72. The predicted octanol–water partition coefficient (Wildman–Crippen LogP) is 3.98. The minimum Gasteiger partial charge on any atom is -0.497 e. The lowest BCUT2D eigenvalue weighted by molar-refractivity contribution is 0.0841. The van der Waals surface area contributed by atoms with Crippen molar-refractivity contribution in [1.29, 1.82) is 0 Å². The molecule has 1 saturated heterocycles. The molecule has 2 aromatic carbocycles. The third-order valence-corrected chi connectivity index (χ3v) is 6.77. The fourth-order valence-corrected chi connectivity index (χ4v) is 5.41. The Labute approximate surface area is 158 Å². The van der Waals surface area contributed by atoms with Gasteiger partial charge in [0, 0.05) is 20.9 Å². The summed E-state index contributed by atoms with van der Waals surface area (Å²) >= 11 is 1.67. The first kappa shape index (κ1) is 17.4. The second-order valence-corrected chi connectivity index (χ2v) is 7.98. The minimum atomic E-state index is -0.509. The van der Waals surface area contributed by atoms with Crippen LogP contribution in [0.1, 0.15) is 34.3 Å². The van der Waals surface area contributed by atoms with Crippen LogP contribution in [0.4, 0.5) is 0 Å². The van der Waals surface area contributed by atoms with E-state index in [2.05, 4.69) is 17.4 Å². The summed E-state index contributed by atoms with van der Waals surface area (Å²) in [6.45, 7) is 3.66. The van der Waals surface area contributed by atoms with Gasteiger partial charge in [0.25, 0.3) is 0 Å². The molecular formula is C21H23NO3S. The zero-order valence-electron chi connectivity index (χ0n) is 15.3. The second kappa shape index (κ2) is 6.63. The van der Waals surface area contributed by atoms with Crippen molar-refractivity contribution in [2.24, 2.45) is 0 Å². The van der Waals surface area contributed by atoms with Crippen molar-refractivity contribution in [2.45, 2.75) is 35.0 Å². The third kappa shape index (κ3) is 2.53. The Balaban J connectivity index is 1.99. The fourth-order valence-electron chi connectivity index (χ4n) is 4.19. The number of fused-ring (bicyclic) bond motifs is 3. The molecule has 0 radical (unpaired) electrons. The van der Waals surface area contributed by atoms with E-state index in [1.807, 2.05) is 25.1 Å². The van der Waals surface area contributed by atoms with E-state index in [-0.39, 0.29) is 5.78 Å². The van der Waals surface area contributed by atoms with Crippen molar-refractivity contribution in [3.8, 4) is 11.5 Å². The van der Waals surface area contributed by atoms with E-state index < -0.39 is 5.41 Å². The summed E-state index contributed by atoms with van der Waals surface area (Å²) in [5.41, 5.74) is 2.33. The topological polar surface area (TPSA) is 47.6 Å². The summed E-state index contributed by atoms with van der Waals surface area (Å²) in [4.78, 5) is 16.1. The van der Waals surface area contributed by atoms with Crippen LogP contribution in [0.25, 0.3) is 0 Å². The van der Waals surface area contributed by atoms with Gasteiger partial charge in [-0.05, 0) is 68.8 Å². The number of methoxy groups -OCH3 is 2. The van der Waals surface area contributed by atoms with Gasteiger partial charge in [0.15, 0.2) is 5.78 Å². The maximum Gasteiger partial charge on any atom is 0.175 e. The van der Waals surface area contributed by atoms with Gasteiger partial charge in [-0.25, -0.2) is 0 Å². The Morgan fingerprint density at radius 3 is 2.46 bits per heavy atom. The van der Waals surface area contributed by atoms with E-state index in [1.165, 1.54) is 0 Å². The molecule has 4 nitrogen and oxygen atoms in total. The molecule has 4 rings (SSSR count). The summed E-state index contributed by atoms with van der Waals surface area (Å²) in [6.07, 6.45) is 1.59. The maximum atomic E-state index is 13.9. The summed E-state index contributed by atoms with van der Waals surface area (Å²) < 4.78 is 11.0. The highest BCUT2D eigenvalue weighted by Crippen LogP contribution is 2.50. The number of carbonyl (C=O) groups excluding carboxylic acids is 1. The highest BCUT2D eigenvalue weighted by atomic mass is 32.2. The van der Waals surface area contributed by atoms with Crippen LogP contribution in [-0.2, 0) is 5.41 Å². The smallest absolute Gasteiger partial charge is 0.175 e.